The molecule has 0 aliphatic carbocycles. The average molecular weight is 451 g/mol. The minimum Gasteiger partial charge on any atom is -0.311 e. The van der Waals surface area contributed by atoms with E-state index in [-0.39, 0.29) is 11.5 Å². The number of hydrogen-bond acceptors (Lipinski definition) is 2. The lowest BCUT2D eigenvalue weighted by molar-refractivity contribution is 0.0980. The molecule has 0 saturated heterocycles. The molecule has 1 aliphatic heterocycles. The highest BCUT2D eigenvalue weighted by Crippen LogP contribution is 2.32. The Balaban J connectivity index is 1.43. The molecule has 0 unspecified atom stereocenters. The summed E-state index contributed by atoms with van der Waals surface area (Å²) in [4.78, 5) is 29.5. The van der Waals surface area contributed by atoms with E-state index in [1.54, 1.807) is 43.4 Å². The molecular formula is C29H23FN2O2. The van der Waals surface area contributed by atoms with Gasteiger partial charge in [-0.2, -0.15) is 0 Å². The molecule has 5 rings (SSSR count). The molecule has 4 nitrogen and oxygen atoms in total. The second-order valence-corrected chi connectivity index (χ2v) is 8.36. The van der Waals surface area contributed by atoms with Crippen molar-refractivity contribution in [3.8, 4) is 0 Å². The number of halogens is 1. The minimum absolute atomic E-state index is 0.00462. The quantitative estimate of drug-likeness (QED) is 0.393. The van der Waals surface area contributed by atoms with Gasteiger partial charge in [0.25, 0.3) is 11.8 Å². The van der Waals surface area contributed by atoms with Gasteiger partial charge in [-0.25, -0.2) is 4.39 Å². The summed E-state index contributed by atoms with van der Waals surface area (Å²) >= 11 is 0. The van der Waals surface area contributed by atoms with Gasteiger partial charge >= 0.3 is 0 Å². The first-order chi connectivity index (χ1) is 16.5. The molecule has 34 heavy (non-hydrogen) atoms. The topological polar surface area (TPSA) is 40.6 Å². The number of rotatable bonds is 3. The summed E-state index contributed by atoms with van der Waals surface area (Å²) in [6, 6.07) is 28.9. The molecule has 0 atom stereocenters. The average Bonchev–Trinajstić information content (AvgIpc) is 3.04. The molecule has 4 aromatic carbocycles. The number of benzene rings is 4. The van der Waals surface area contributed by atoms with E-state index in [2.05, 4.69) is 18.2 Å². The third-order valence-electron chi connectivity index (χ3n) is 6.27. The van der Waals surface area contributed by atoms with Crippen LogP contribution in [0.1, 0.15) is 37.4 Å². The second kappa shape index (κ2) is 8.94. The Hall–Kier alpha value is -4.25. The zero-order valence-electron chi connectivity index (χ0n) is 18.7. The Kier molecular flexibility index (Phi) is 5.68. The van der Waals surface area contributed by atoms with Gasteiger partial charge in [-0.05, 0) is 65.6 Å². The molecule has 0 fully saturated rings. The molecule has 0 aromatic heterocycles. The van der Waals surface area contributed by atoms with E-state index in [0.29, 0.717) is 17.8 Å². The van der Waals surface area contributed by atoms with E-state index in [1.165, 1.54) is 22.6 Å². The Morgan fingerprint density at radius 1 is 0.765 bits per heavy atom. The van der Waals surface area contributed by atoms with Crippen molar-refractivity contribution in [3.05, 3.63) is 131 Å². The molecule has 168 valence electrons. The van der Waals surface area contributed by atoms with Crippen LogP contribution in [0.2, 0.25) is 0 Å². The fraction of sp³-hybridized carbons (Fsp3) is 0.103. The van der Waals surface area contributed by atoms with Crippen molar-refractivity contribution in [2.24, 2.45) is 0 Å². The monoisotopic (exact) mass is 450 g/mol. The molecule has 0 saturated carbocycles. The van der Waals surface area contributed by atoms with Gasteiger partial charge in [0, 0.05) is 24.0 Å². The van der Waals surface area contributed by atoms with Gasteiger partial charge in [0.1, 0.15) is 5.82 Å². The Morgan fingerprint density at radius 3 is 2.12 bits per heavy atom. The Bertz CT molecular complexity index is 1380. The zero-order valence-corrected chi connectivity index (χ0v) is 18.7. The number of amides is 2. The lowest BCUT2D eigenvalue weighted by atomic mass is 10.0. The molecule has 0 spiro atoms. The molecular weight excluding hydrogens is 427 g/mol. The van der Waals surface area contributed by atoms with Gasteiger partial charge in [-0.3, -0.25) is 9.59 Å². The van der Waals surface area contributed by atoms with Crippen LogP contribution in [0, 0.1) is 5.82 Å². The molecule has 2 amide bonds. The maximum atomic E-state index is 14.1. The third-order valence-corrected chi connectivity index (χ3v) is 6.27. The van der Waals surface area contributed by atoms with E-state index in [9.17, 15) is 14.0 Å². The number of nitrogens with zero attached hydrogens (tertiary/aromatic N) is 2. The largest absolute Gasteiger partial charge is 0.311 e. The van der Waals surface area contributed by atoms with Crippen LogP contribution in [0.3, 0.4) is 0 Å². The molecule has 4 aromatic rings. The van der Waals surface area contributed by atoms with Crippen molar-refractivity contribution in [2.45, 2.75) is 13.0 Å². The molecule has 5 heteroatoms. The highest BCUT2D eigenvalue weighted by molar-refractivity contribution is 6.08. The normalized spacial score (nSPS) is 12.4. The highest BCUT2D eigenvalue weighted by Gasteiger charge is 2.25. The summed E-state index contributed by atoms with van der Waals surface area (Å²) in [6.07, 6.45) is 0.776. The van der Waals surface area contributed by atoms with Crippen molar-refractivity contribution >= 4 is 23.2 Å². The fourth-order valence-electron chi connectivity index (χ4n) is 4.37. The summed E-state index contributed by atoms with van der Waals surface area (Å²) in [5.41, 5.74) is 5.45. The predicted molar refractivity (Wildman–Crippen MR) is 132 cm³/mol. The maximum Gasteiger partial charge on any atom is 0.260 e. The van der Waals surface area contributed by atoms with Crippen LogP contribution in [0.5, 0.6) is 0 Å². The zero-order chi connectivity index (χ0) is 23.7. The number of hydrogen-bond donors (Lipinski definition) is 0. The lowest BCUT2D eigenvalue weighted by Gasteiger charge is -2.24. The van der Waals surface area contributed by atoms with E-state index >= 15 is 0 Å². The van der Waals surface area contributed by atoms with Crippen LogP contribution >= 0.6 is 0 Å². The molecule has 1 aliphatic rings. The van der Waals surface area contributed by atoms with Crippen LogP contribution in [0.25, 0.3) is 0 Å². The number of anilines is 2. The molecule has 0 N–H and O–H groups in total. The van der Waals surface area contributed by atoms with Crippen LogP contribution in [0.15, 0.2) is 97.1 Å². The molecule has 0 radical (unpaired) electrons. The van der Waals surface area contributed by atoms with Crippen molar-refractivity contribution in [2.75, 3.05) is 16.8 Å². The lowest BCUT2D eigenvalue weighted by Crippen LogP contribution is -2.31. The SMILES string of the molecule is CN(C(=O)c1ccccc1F)c1ccc(C(=O)N2Cc3ccccc3Cc3ccccc32)cc1. The highest BCUT2D eigenvalue weighted by atomic mass is 19.1. The van der Waals surface area contributed by atoms with Gasteiger partial charge in [0.2, 0.25) is 0 Å². The standard InChI is InChI=1S/C29H23FN2O2/c1-31(29(34)25-11-5-6-12-26(25)30)24-16-14-20(15-17-24)28(33)32-19-23-10-3-2-8-21(23)18-22-9-4-7-13-27(22)32/h2-17H,18-19H2,1H3. The van der Waals surface area contributed by atoms with Gasteiger partial charge in [0.05, 0.1) is 12.1 Å². The molecule has 0 bridgehead atoms. The fourth-order valence-corrected chi connectivity index (χ4v) is 4.37. The van der Waals surface area contributed by atoms with Crippen molar-refractivity contribution in [1.29, 1.82) is 0 Å². The van der Waals surface area contributed by atoms with E-state index in [1.807, 2.05) is 35.2 Å². The maximum absolute atomic E-state index is 14.1. The van der Waals surface area contributed by atoms with E-state index in [4.69, 9.17) is 0 Å². The van der Waals surface area contributed by atoms with Gasteiger partial charge in [0.15, 0.2) is 0 Å². The first-order valence-corrected chi connectivity index (χ1v) is 11.1. The molecule has 1 heterocycles. The number of fused-ring (bicyclic) bond motifs is 2. The predicted octanol–water partition coefficient (Wildman–Crippen LogP) is 5.85. The van der Waals surface area contributed by atoms with Gasteiger partial charge < -0.3 is 9.80 Å². The number of carbonyl (C=O) groups is 2. The van der Waals surface area contributed by atoms with E-state index in [0.717, 1.165) is 23.2 Å². The first kappa shape index (κ1) is 21.6. The summed E-state index contributed by atoms with van der Waals surface area (Å²) < 4.78 is 14.1. The van der Waals surface area contributed by atoms with Crippen LogP contribution in [-0.4, -0.2) is 18.9 Å². The second-order valence-electron chi connectivity index (χ2n) is 8.36. The van der Waals surface area contributed by atoms with Crippen molar-refractivity contribution in [1.82, 2.24) is 0 Å². The summed E-state index contributed by atoms with van der Waals surface area (Å²) in [5, 5.41) is 0. The number of carbonyl (C=O) groups excluding carboxylic acids is 2. The van der Waals surface area contributed by atoms with E-state index < -0.39 is 11.7 Å². The van der Waals surface area contributed by atoms with Crippen LogP contribution in [0.4, 0.5) is 15.8 Å². The summed E-state index contributed by atoms with van der Waals surface area (Å²) in [6.45, 7) is 0.486. The first-order valence-electron chi connectivity index (χ1n) is 11.1. The van der Waals surface area contributed by atoms with Crippen LogP contribution < -0.4 is 9.80 Å². The minimum atomic E-state index is -0.564. The Morgan fingerprint density at radius 2 is 1.38 bits per heavy atom. The summed E-state index contributed by atoms with van der Waals surface area (Å²) in [5.74, 6) is -1.12. The van der Waals surface area contributed by atoms with Crippen molar-refractivity contribution in [3.63, 3.8) is 0 Å². The van der Waals surface area contributed by atoms with Gasteiger partial charge in [-0.15, -0.1) is 0 Å². The smallest absolute Gasteiger partial charge is 0.260 e. The summed E-state index contributed by atoms with van der Waals surface area (Å²) in [7, 11) is 1.59. The third kappa shape index (κ3) is 3.97. The van der Waals surface area contributed by atoms with Crippen LogP contribution in [-0.2, 0) is 13.0 Å². The number of para-hydroxylation sites is 1. The Labute approximate surface area is 197 Å². The van der Waals surface area contributed by atoms with Gasteiger partial charge in [-0.1, -0.05) is 54.6 Å². The van der Waals surface area contributed by atoms with Crippen molar-refractivity contribution < 1.29 is 14.0 Å².